The predicted molar refractivity (Wildman–Crippen MR) is 87.7 cm³/mol. The van der Waals surface area contributed by atoms with Gasteiger partial charge in [0.1, 0.15) is 0 Å². The lowest BCUT2D eigenvalue weighted by molar-refractivity contribution is -0.131. The number of carbonyl (C=O) groups is 1. The van der Waals surface area contributed by atoms with E-state index in [0.29, 0.717) is 12.5 Å². The molecular weight excluding hydrogens is 262 g/mol. The van der Waals surface area contributed by atoms with E-state index in [4.69, 9.17) is 0 Å². The Bertz CT molecular complexity index is 465. The van der Waals surface area contributed by atoms with Crippen molar-refractivity contribution >= 4 is 11.6 Å². The molecule has 0 bridgehead atoms. The van der Waals surface area contributed by atoms with E-state index in [0.717, 1.165) is 32.7 Å². The molecule has 1 amide bonds. The first-order valence-electron chi connectivity index (χ1n) is 7.89. The first kappa shape index (κ1) is 15.8. The van der Waals surface area contributed by atoms with Gasteiger partial charge in [-0.05, 0) is 24.6 Å². The summed E-state index contributed by atoms with van der Waals surface area (Å²) < 4.78 is 0. The van der Waals surface area contributed by atoms with Crippen LogP contribution in [0.15, 0.2) is 24.3 Å². The van der Waals surface area contributed by atoms with Crippen molar-refractivity contribution < 1.29 is 4.79 Å². The Balaban J connectivity index is 1.79. The van der Waals surface area contributed by atoms with Gasteiger partial charge >= 0.3 is 0 Å². The van der Waals surface area contributed by atoms with Gasteiger partial charge in [-0.15, -0.1) is 0 Å². The molecule has 21 heavy (non-hydrogen) atoms. The van der Waals surface area contributed by atoms with Crippen molar-refractivity contribution in [1.29, 1.82) is 0 Å². The standard InChI is InChI=1S/C17H27N3O/c1-14(2)18-8-7-17(21)20-11-9-19(10-12-20)16-6-4-5-15(3)13-16/h4-6,13-14,18H,7-12H2,1-3H3. The van der Waals surface area contributed by atoms with Gasteiger partial charge in [0, 0.05) is 50.9 Å². The van der Waals surface area contributed by atoms with E-state index in [2.05, 4.69) is 55.3 Å². The molecule has 0 radical (unpaired) electrons. The van der Waals surface area contributed by atoms with E-state index >= 15 is 0 Å². The van der Waals surface area contributed by atoms with Crippen molar-refractivity contribution in [2.75, 3.05) is 37.6 Å². The number of piperazine rings is 1. The number of hydrogen-bond acceptors (Lipinski definition) is 3. The normalized spacial score (nSPS) is 15.6. The van der Waals surface area contributed by atoms with Crippen molar-refractivity contribution in [1.82, 2.24) is 10.2 Å². The van der Waals surface area contributed by atoms with Crippen LogP contribution in [0.4, 0.5) is 5.69 Å². The number of amides is 1. The highest BCUT2D eigenvalue weighted by atomic mass is 16.2. The molecular formula is C17H27N3O. The van der Waals surface area contributed by atoms with Gasteiger partial charge in [-0.2, -0.15) is 0 Å². The molecule has 1 heterocycles. The second kappa shape index (κ2) is 7.46. The van der Waals surface area contributed by atoms with Gasteiger partial charge in [0.25, 0.3) is 0 Å². The Morgan fingerprint density at radius 3 is 2.57 bits per heavy atom. The number of hydrogen-bond donors (Lipinski definition) is 1. The van der Waals surface area contributed by atoms with Gasteiger partial charge in [-0.25, -0.2) is 0 Å². The Labute approximate surface area is 128 Å². The number of nitrogens with one attached hydrogen (secondary N) is 1. The lowest BCUT2D eigenvalue weighted by atomic mass is 10.2. The third-order valence-electron chi connectivity index (χ3n) is 3.89. The molecule has 1 saturated heterocycles. The fraction of sp³-hybridized carbons (Fsp3) is 0.588. The van der Waals surface area contributed by atoms with Crippen molar-refractivity contribution in [3.05, 3.63) is 29.8 Å². The van der Waals surface area contributed by atoms with E-state index in [1.165, 1.54) is 11.3 Å². The smallest absolute Gasteiger partial charge is 0.223 e. The minimum atomic E-state index is 0.270. The number of aryl methyl sites for hydroxylation is 1. The zero-order valence-corrected chi connectivity index (χ0v) is 13.4. The summed E-state index contributed by atoms with van der Waals surface area (Å²) >= 11 is 0. The summed E-state index contributed by atoms with van der Waals surface area (Å²) in [5.74, 6) is 0.270. The molecule has 1 aromatic carbocycles. The Morgan fingerprint density at radius 1 is 1.24 bits per heavy atom. The van der Waals surface area contributed by atoms with E-state index in [1.807, 2.05) is 4.90 Å². The highest BCUT2D eigenvalue weighted by Crippen LogP contribution is 2.17. The molecule has 1 aromatic rings. The van der Waals surface area contributed by atoms with Gasteiger partial charge < -0.3 is 15.1 Å². The SMILES string of the molecule is Cc1cccc(N2CCN(C(=O)CCNC(C)C)CC2)c1. The molecule has 116 valence electrons. The summed E-state index contributed by atoms with van der Waals surface area (Å²) in [6.45, 7) is 10.6. The number of anilines is 1. The van der Waals surface area contributed by atoms with E-state index in [1.54, 1.807) is 0 Å². The van der Waals surface area contributed by atoms with Crippen LogP contribution in [-0.4, -0.2) is 49.6 Å². The van der Waals surface area contributed by atoms with E-state index in [9.17, 15) is 4.79 Å². The first-order chi connectivity index (χ1) is 10.1. The molecule has 2 rings (SSSR count). The maximum absolute atomic E-state index is 12.1. The van der Waals surface area contributed by atoms with Gasteiger partial charge in [0.15, 0.2) is 0 Å². The van der Waals surface area contributed by atoms with Gasteiger partial charge in [-0.3, -0.25) is 4.79 Å². The average molecular weight is 289 g/mol. The molecule has 0 atom stereocenters. The van der Waals surface area contributed by atoms with Gasteiger partial charge in [0.05, 0.1) is 0 Å². The van der Waals surface area contributed by atoms with Crippen LogP contribution in [0.2, 0.25) is 0 Å². The number of benzene rings is 1. The van der Waals surface area contributed by atoms with E-state index in [-0.39, 0.29) is 5.91 Å². The lowest BCUT2D eigenvalue weighted by Gasteiger charge is -2.36. The van der Waals surface area contributed by atoms with Crippen LogP contribution in [-0.2, 0) is 4.79 Å². The summed E-state index contributed by atoms with van der Waals surface area (Å²) in [6, 6.07) is 9.02. The second-order valence-corrected chi connectivity index (χ2v) is 6.07. The predicted octanol–water partition coefficient (Wildman–Crippen LogP) is 2.03. The number of nitrogens with zero attached hydrogens (tertiary/aromatic N) is 2. The van der Waals surface area contributed by atoms with E-state index < -0.39 is 0 Å². The van der Waals surface area contributed by atoms with Crippen LogP contribution in [0.5, 0.6) is 0 Å². The first-order valence-corrected chi connectivity index (χ1v) is 7.89. The van der Waals surface area contributed by atoms with Crippen molar-refractivity contribution in [2.24, 2.45) is 0 Å². The number of carbonyl (C=O) groups excluding carboxylic acids is 1. The molecule has 0 aromatic heterocycles. The molecule has 1 fully saturated rings. The highest BCUT2D eigenvalue weighted by Gasteiger charge is 2.20. The minimum Gasteiger partial charge on any atom is -0.368 e. The van der Waals surface area contributed by atoms with Crippen LogP contribution in [0.3, 0.4) is 0 Å². The van der Waals surface area contributed by atoms with Crippen LogP contribution < -0.4 is 10.2 Å². The molecule has 4 heteroatoms. The maximum Gasteiger partial charge on any atom is 0.223 e. The van der Waals surface area contributed by atoms with Crippen LogP contribution in [0.25, 0.3) is 0 Å². The molecule has 1 aliphatic rings. The maximum atomic E-state index is 12.1. The third kappa shape index (κ3) is 4.74. The zero-order valence-electron chi connectivity index (χ0n) is 13.4. The molecule has 1 aliphatic heterocycles. The fourth-order valence-electron chi connectivity index (χ4n) is 2.66. The van der Waals surface area contributed by atoms with Gasteiger partial charge in [-0.1, -0.05) is 26.0 Å². The summed E-state index contributed by atoms with van der Waals surface area (Å²) in [7, 11) is 0. The summed E-state index contributed by atoms with van der Waals surface area (Å²) in [5.41, 5.74) is 2.55. The summed E-state index contributed by atoms with van der Waals surface area (Å²) in [5, 5.41) is 3.30. The summed E-state index contributed by atoms with van der Waals surface area (Å²) in [4.78, 5) is 16.5. The molecule has 0 aliphatic carbocycles. The molecule has 0 spiro atoms. The zero-order chi connectivity index (χ0) is 15.2. The lowest BCUT2D eigenvalue weighted by Crippen LogP contribution is -2.49. The average Bonchev–Trinajstić information content (AvgIpc) is 2.47. The molecule has 0 saturated carbocycles. The van der Waals surface area contributed by atoms with Crippen LogP contribution in [0, 0.1) is 6.92 Å². The van der Waals surface area contributed by atoms with Crippen LogP contribution in [0.1, 0.15) is 25.8 Å². The van der Waals surface area contributed by atoms with Crippen LogP contribution >= 0.6 is 0 Å². The molecule has 0 unspecified atom stereocenters. The second-order valence-electron chi connectivity index (χ2n) is 6.07. The quantitative estimate of drug-likeness (QED) is 0.901. The molecule has 1 N–H and O–H groups in total. The monoisotopic (exact) mass is 289 g/mol. The fourth-order valence-corrected chi connectivity index (χ4v) is 2.66. The Morgan fingerprint density at radius 2 is 1.95 bits per heavy atom. The summed E-state index contributed by atoms with van der Waals surface area (Å²) in [6.07, 6.45) is 0.600. The third-order valence-corrected chi connectivity index (χ3v) is 3.89. The minimum absolute atomic E-state index is 0.270. The Hall–Kier alpha value is -1.55. The topological polar surface area (TPSA) is 35.6 Å². The van der Waals surface area contributed by atoms with Crippen molar-refractivity contribution in [2.45, 2.75) is 33.2 Å². The Kier molecular flexibility index (Phi) is 5.62. The van der Waals surface area contributed by atoms with Crippen molar-refractivity contribution in [3.8, 4) is 0 Å². The molecule has 4 nitrogen and oxygen atoms in total. The van der Waals surface area contributed by atoms with Crippen molar-refractivity contribution in [3.63, 3.8) is 0 Å². The van der Waals surface area contributed by atoms with Gasteiger partial charge in [0.2, 0.25) is 5.91 Å². The largest absolute Gasteiger partial charge is 0.368 e. The highest BCUT2D eigenvalue weighted by molar-refractivity contribution is 5.76. The number of rotatable bonds is 5.